The third-order valence-electron chi connectivity index (χ3n) is 10.4. The quantitative estimate of drug-likeness (QED) is 0.344. The molecule has 1 unspecified atom stereocenters. The Morgan fingerprint density at radius 2 is 1.82 bits per heavy atom. The van der Waals surface area contributed by atoms with Crippen molar-refractivity contribution in [3.8, 4) is 0 Å². The number of Topliss-reactive ketones (excluding diaryl/α,β-unsaturated/α-hetero) is 1. The fraction of sp³-hybridized carbons (Fsp3) is 0.852. The van der Waals surface area contributed by atoms with E-state index in [2.05, 4.69) is 13.8 Å². The van der Waals surface area contributed by atoms with Gasteiger partial charge in [0.2, 0.25) is 0 Å². The van der Waals surface area contributed by atoms with E-state index in [1.165, 1.54) is 13.3 Å². The summed E-state index contributed by atoms with van der Waals surface area (Å²) in [6.07, 6.45) is 7.82. The predicted molar refractivity (Wildman–Crippen MR) is 130 cm³/mol. The molecule has 5 aliphatic rings. The molecule has 7 heteroatoms. The van der Waals surface area contributed by atoms with Crippen molar-refractivity contribution in [1.29, 1.82) is 0 Å². The number of ether oxygens (including phenoxy) is 2. The van der Waals surface area contributed by atoms with E-state index in [-0.39, 0.29) is 22.9 Å². The number of esters is 1. The van der Waals surface area contributed by atoms with Crippen LogP contribution in [0.2, 0.25) is 0 Å². The molecule has 0 aromatic heterocycles. The van der Waals surface area contributed by atoms with Gasteiger partial charge in [-0.2, -0.15) is 4.39 Å². The summed E-state index contributed by atoms with van der Waals surface area (Å²) in [5.74, 6) is 2.07. The van der Waals surface area contributed by atoms with E-state index in [0.717, 1.165) is 44.1 Å². The highest BCUT2D eigenvalue weighted by atomic mass is 32.2. The van der Waals surface area contributed by atoms with Crippen LogP contribution < -0.4 is 0 Å². The van der Waals surface area contributed by atoms with Gasteiger partial charge in [-0.15, -0.1) is 0 Å². The zero-order chi connectivity index (χ0) is 24.5. The Morgan fingerprint density at radius 3 is 2.50 bits per heavy atom. The minimum Gasteiger partial charge on any atom is -0.462 e. The SMILES string of the molecule is CCN(CC)S[C@@]1(F)OC2=C(C[C@@]3(C)[C@@H](CC[C@@H]4[C@@H]3CC[C@]3(C)C(OC(C)=O)CC[C@@H]43)C2)C1=O. The number of ketones is 1. The highest BCUT2D eigenvalue weighted by Gasteiger charge is 2.64. The summed E-state index contributed by atoms with van der Waals surface area (Å²) in [5.41, 5.74) is 0.655. The molecular weight excluding hydrogens is 453 g/mol. The highest BCUT2D eigenvalue weighted by molar-refractivity contribution is 7.98. The first-order chi connectivity index (χ1) is 16.1. The molecule has 0 spiro atoms. The van der Waals surface area contributed by atoms with Crippen molar-refractivity contribution in [3.05, 3.63) is 11.3 Å². The molecule has 4 aliphatic carbocycles. The lowest BCUT2D eigenvalue weighted by Crippen LogP contribution is -2.54. The Bertz CT molecular complexity index is 905. The number of fused-ring (bicyclic) bond motifs is 5. The van der Waals surface area contributed by atoms with Crippen molar-refractivity contribution < 1.29 is 23.5 Å². The Labute approximate surface area is 207 Å². The summed E-state index contributed by atoms with van der Waals surface area (Å²) in [6.45, 7) is 11.5. The van der Waals surface area contributed by atoms with E-state index in [0.29, 0.717) is 60.9 Å². The smallest absolute Gasteiger partial charge is 0.375 e. The molecule has 5 nitrogen and oxygen atoms in total. The molecule has 0 aromatic rings. The molecule has 5 rings (SSSR count). The van der Waals surface area contributed by atoms with Gasteiger partial charge in [0.15, 0.2) is 0 Å². The zero-order valence-electron chi connectivity index (χ0n) is 21.3. The lowest BCUT2D eigenvalue weighted by Gasteiger charge is -2.59. The summed E-state index contributed by atoms with van der Waals surface area (Å²) in [6, 6.07) is 0. The van der Waals surface area contributed by atoms with Crippen LogP contribution >= 0.6 is 11.9 Å². The van der Waals surface area contributed by atoms with Crippen LogP contribution in [-0.2, 0) is 19.1 Å². The first-order valence-electron chi connectivity index (χ1n) is 13.3. The van der Waals surface area contributed by atoms with Gasteiger partial charge in [0.1, 0.15) is 11.9 Å². The molecule has 0 bridgehead atoms. The monoisotopic (exact) mass is 493 g/mol. The van der Waals surface area contributed by atoms with Gasteiger partial charge in [0, 0.05) is 49.4 Å². The third kappa shape index (κ3) is 3.58. The number of allylic oxidation sites excluding steroid dienone is 1. The van der Waals surface area contributed by atoms with Crippen molar-refractivity contribution in [1.82, 2.24) is 4.31 Å². The third-order valence-corrected chi connectivity index (χ3v) is 11.6. The van der Waals surface area contributed by atoms with Crippen LogP contribution in [0.15, 0.2) is 11.3 Å². The summed E-state index contributed by atoms with van der Waals surface area (Å²) < 4.78 is 29.2. The second-order valence-electron chi connectivity index (χ2n) is 11.8. The first-order valence-corrected chi connectivity index (χ1v) is 14.1. The molecule has 1 aliphatic heterocycles. The highest BCUT2D eigenvalue weighted by Crippen LogP contribution is 2.68. The minimum absolute atomic E-state index is 0.00721. The zero-order valence-corrected chi connectivity index (χ0v) is 22.1. The van der Waals surface area contributed by atoms with Crippen LogP contribution in [0, 0.1) is 34.5 Å². The normalized spacial score (nSPS) is 45.4. The van der Waals surface area contributed by atoms with Crippen molar-refractivity contribution in [2.75, 3.05) is 13.1 Å². The lowest BCUT2D eigenvalue weighted by molar-refractivity contribution is -0.160. The van der Waals surface area contributed by atoms with Gasteiger partial charge in [-0.05, 0) is 74.0 Å². The number of halogens is 1. The first kappa shape index (κ1) is 24.6. The van der Waals surface area contributed by atoms with Gasteiger partial charge >= 0.3 is 11.2 Å². The van der Waals surface area contributed by atoms with E-state index in [9.17, 15) is 9.59 Å². The summed E-state index contributed by atoms with van der Waals surface area (Å²) in [5, 5.41) is -2.31. The van der Waals surface area contributed by atoms with Crippen molar-refractivity contribution in [2.24, 2.45) is 34.5 Å². The molecule has 0 saturated heterocycles. The second kappa shape index (κ2) is 8.50. The molecule has 0 radical (unpaired) electrons. The largest absolute Gasteiger partial charge is 0.462 e. The maximum absolute atomic E-state index is 15.8. The number of alkyl halides is 1. The lowest BCUT2D eigenvalue weighted by atomic mass is 9.45. The molecule has 3 saturated carbocycles. The van der Waals surface area contributed by atoms with E-state index >= 15 is 4.39 Å². The average Bonchev–Trinajstić information content (AvgIpc) is 3.23. The van der Waals surface area contributed by atoms with Crippen LogP contribution in [0.3, 0.4) is 0 Å². The van der Waals surface area contributed by atoms with Gasteiger partial charge in [-0.3, -0.25) is 9.59 Å². The molecule has 0 N–H and O–H groups in total. The maximum atomic E-state index is 15.8. The molecule has 34 heavy (non-hydrogen) atoms. The molecule has 1 heterocycles. The topological polar surface area (TPSA) is 55.8 Å². The van der Waals surface area contributed by atoms with Gasteiger partial charge < -0.3 is 9.47 Å². The number of carbonyl (C=O) groups excluding carboxylic acids is 2. The van der Waals surface area contributed by atoms with Crippen LogP contribution in [0.4, 0.5) is 4.39 Å². The Hall–Kier alpha value is -1.08. The Morgan fingerprint density at radius 1 is 1.12 bits per heavy atom. The Balaban J connectivity index is 1.37. The number of hydrogen-bond donors (Lipinski definition) is 0. The van der Waals surface area contributed by atoms with E-state index in [4.69, 9.17) is 9.47 Å². The van der Waals surface area contributed by atoms with Gasteiger partial charge in [0.05, 0.1) is 0 Å². The molecule has 8 atom stereocenters. The molecule has 3 fully saturated rings. The summed E-state index contributed by atoms with van der Waals surface area (Å²) in [4.78, 5) is 25.1. The predicted octanol–water partition coefficient (Wildman–Crippen LogP) is 6.04. The molecule has 190 valence electrons. The fourth-order valence-corrected chi connectivity index (χ4v) is 9.53. The molecule has 0 aromatic carbocycles. The summed E-state index contributed by atoms with van der Waals surface area (Å²) in [7, 11) is 0. The van der Waals surface area contributed by atoms with Gasteiger partial charge in [-0.1, -0.05) is 27.7 Å². The van der Waals surface area contributed by atoms with E-state index < -0.39 is 11.0 Å². The molecular formula is C27H40FNO4S. The fourth-order valence-electron chi connectivity index (χ4n) is 8.59. The number of nitrogens with zero attached hydrogens (tertiary/aromatic N) is 1. The standard InChI is InChI=1S/C27H40FNO4S/c1-6-29(7-2)34-27(28)24(31)19-15-26(5)17(14-22(19)33-27)8-9-18-20-10-11-23(32-16(3)30)25(20,4)13-12-21(18)26/h17-18,20-21,23H,6-15H2,1-5H3/t17-,18-,20-,21-,23?,25-,26-,27-/m0/s1. The number of hydrogen-bond acceptors (Lipinski definition) is 6. The maximum Gasteiger partial charge on any atom is 0.375 e. The van der Waals surface area contributed by atoms with E-state index in [1.807, 2.05) is 18.2 Å². The minimum atomic E-state index is -2.31. The van der Waals surface area contributed by atoms with Crippen molar-refractivity contribution >= 4 is 23.7 Å². The summed E-state index contributed by atoms with van der Waals surface area (Å²) >= 11 is 0.913. The van der Waals surface area contributed by atoms with Gasteiger partial charge in [0.25, 0.3) is 5.78 Å². The second-order valence-corrected chi connectivity index (χ2v) is 13.1. The Kier molecular flexibility index (Phi) is 6.15. The van der Waals surface area contributed by atoms with Crippen molar-refractivity contribution in [3.63, 3.8) is 0 Å². The van der Waals surface area contributed by atoms with Crippen molar-refractivity contribution in [2.45, 2.75) is 97.3 Å². The average molecular weight is 494 g/mol. The van der Waals surface area contributed by atoms with Crippen LogP contribution in [-0.4, -0.2) is 40.4 Å². The van der Waals surface area contributed by atoms with Gasteiger partial charge in [-0.25, -0.2) is 4.31 Å². The van der Waals surface area contributed by atoms with Crippen LogP contribution in [0.25, 0.3) is 0 Å². The van der Waals surface area contributed by atoms with Crippen LogP contribution in [0.5, 0.6) is 0 Å². The number of rotatable bonds is 5. The number of carbonyl (C=O) groups is 2. The van der Waals surface area contributed by atoms with Crippen LogP contribution in [0.1, 0.15) is 86.0 Å². The van der Waals surface area contributed by atoms with E-state index in [1.54, 1.807) is 0 Å². The molecule has 0 amide bonds.